The van der Waals surface area contributed by atoms with E-state index < -0.39 is 9.84 Å². The van der Waals surface area contributed by atoms with Crippen LogP contribution < -0.4 is 5.32 Å². The van der Waals surface area contributed by atoms with Gasteiger partial charge in [0.2, 0.25) is 0 Å². The first-order valence-corrected chi connectivity index (χ1v) is 10.9. The molecule has 21 heavy (non-hydrogen) atoms. The third-order valence-electron chi connectivity index (χ3n) is 5.99. The molecule has 2 aliphatic carbocycles. The summed E-state index contributed by atoms with van der Waals surface area (Å²) in [5.41, 5.74) is 0. The molecule has 1 N–H and O–H groups in total. The van der Waals surface area contributed by atoms with Gasteiger partial charge in [-0.05, 0) is 37.5 Å². The fourth-order valence-corrected chi connectivity index (χ4v) is 6.60. The van der Waals surface area contributed by atoms with Gasteiger partial charge in [-0.15, -0.1) is 0 Å². The van der Waals surface area contributed by atoms with E-state index in [-0.39, 0.29) is 6.04 Å². The monoisotopic (exact) mass is 313 g/mol. The summed E-state index contributed by atoms with van der Waals surface area (Å²) in [6, 6.07) is 0.804. The topological polar surface area (TPSA) is 46.2 Å². The zero-order valence-corrected chi connectivity index (χ0v) is 14.0. The molecule has 0 spiro atoms. The summed E-state index contributed by atoms with van der Waals surface area (Å²) in [7, 11) is -2.79. The quantitative estimate of drug-likeness (QED) is 0.869. The van der Waals surface area contributed by atoms with Gasteiger partial charge >= 0.3 is 0 Å². The second-order valence-corrected chi connectivity index (χ2v) is 9.80. The van der Waals surface area contributed by atoms with Gasteiger partial charge in [-0.1, -0.05) is 44.9 Å². The molecule has 1 heterocycles. The summed E-state index contributed by atoms with van der Waals surface area (Å²) < 4.78 is 23.7. The Balaban J connectivity index is 1.61. The van der Waals surface area contributed by atoms with Gasteiger partial charge in [-0.2, -0.15) is 0 Å². The van der Waals surface area contributed by atoms with E-state index in [9.17, 15) is 8.42 Å². The largest absolute Gasteiger partial charge is 0.310 e. The molecular formula is C17H31NO2S. The van der Waals surface area contributed by atoms with E-state index in [4.69, 9.17) is 0 Å². The molecule has 0 aromatic rings. The van der Waals surface area contributed by atoms with E-state index in [2.05, 4.69) is 5.32 Å². The third-order valence-corrected chi connectivity index (χ3v) is 7.81. The Kier molecular flexibility index (Phi) is 5.26. The molecule has 3 rings (SSSR count). The lowest BCUT2D eigenvalue weighted by atomic mass is 9.71. The van der Waals surface area contributed by atoms with Crippen molar-refractivity contribution in [1.82, 2.24) is 5.32 Å². The Morgan fingerprint density at radius 1 is 0.762 bits per heavy atom. The minimum absolute atomic E-state index is 0.220. The molecule has 3 fully saturated rings. The molecule has 3 atom stereocenters. The normalized spacial score (nSPS) is 38.2. The first-order chi connectivity index (χ1) is 10.1. The van der Waals surface area contributed by atoms with Crippen LogP contribution in [0.3, 0.4) is 0 Å². The van der Waals surface area contributed by atoms with Crippen LogP contribution in [0.5, 0.6) is 0 Å². The Morgan fingerprint density at radius 3 is 2.24 bits per heavy atom. The number of nitrogens with one attached hydrogen (secondary N) is 1. The SMILES string of the molecule is O=S1(=O)CCCC(NC2CCCCC2C2CCCCC2)C1. The van der Waals surface area contributed by atoms with Crippen LogP contribution in [-0.2, 0) is 9.84 Å². The average Bonchev–Trinajstić information content (AvgIpc) is 2.48. The highest BCUT2D eigenvalue weighted by Gasteiger charge is 2.35. The second-order valence-electron chi connectivity index (χ2n) is 7.57. The maximum Gasteiger partial charge on any atom is 0.151 e. The molecule has 2 saturated carbocycles. The van der Waals surface area contributed by atoms with Crippen LogP contribution in [-0.4, -0.2) is 32.0 Å². The predicted octanol–water partition coefficient (Wildman–Crippen LogP) is 3.29. The van der Waals surface area contributed by atoms with Crippen molar-refractivity contribution in [2.45, 2.75) is 82.7 Å². The van der Waals surface area contributed by atoms with Gasteiger partial charge in [0, 0.05) is 12.1 Å². The van der Waals surface area contributed by atoms with Gasteiger partial charge in [0.1, 0.15) is 0 Å². The van der Waals surface area contributed by atoms with Gasteiger partial charge < -0.3 is 5.32 Å². The Hall–Kier alpha value is -0.0900. The lowest BCUT2D eigenvalue weighted by Gasteiger charge is -2.41. The van der Waals surface area contributed by atoms with Crippen molar-refractivity contribution in [3.8, 4) is 0 Å². The van der Waals surface area contributed by atoms with Crippen LogP contribution in [0.1, 0.15) is 70.6 Å². The van der Waals surface area contributed by atoms with Crippen molar-refractivity contribution in [1.29, 1.82) is 0 Å². The maximum atomic E-state index is 11.8. The van der Waals surface area contributed by atoms with Crippen molar-refractivity contribution in [3.05, 3.63) is 0 Å². The van der Waals surface area contributed by atoms with Crippen LogP contribution >= 0.6 is 0 Å². The highest BCUT2D eigenvalue weighted by atomic mass is 32.2. The van der Waals surface area contributed by atoms with Gasteiger partial charge in [0.15, 0.2) is 9.84 Å². The van der Waals surface area contributed by atoms with E-state index in [1.165, 1.54) is 57.8 Å². The molecule has 1 saturated heterocycles. The van der Waals surface area contributed by atoms with Crippen molar-refractivity contribution >= 4 is 9.84 Å². The zero-order chi connectivity index (χ0) is 14.7. The van der Waals surface area contributed by atoms with Crippen LogP contribution in [0.4, 0.5) is 0 Å². The molecule has 0 radical (unpaired) electrons. The maximum absolute atomic E-state index is 11.8. The fraction of sp³-hybridized carbons (Fsp3) is 1.00. The molecule has 122 valence electrons. The van der Waals surface area contributed by atoms with Crippen molar-refractivity contribution in [2.75, 3.05) is 11.5 Å². The first-order valence-electron chi connectivity index (χ1n) is 9.10. The summed E-state index contributed by atoms with van der Waals surface area (Å²) in [4.78, 5) is 0. The second kappa shape index (κ2) is 6.99. The van der Waals surface area contributed by atoms with Gasteiger partial charge in [-0.25, -0.2) is 8.42 Å². The average molecular weight is 314 g/mol. The van der Waals surface area contributed by atoms with Crippen LogP contribution in [0, 0.1) is 11.8 Å². The molecule has 0 aromatic carbocycles. The van der Waals surface area contributed by atoms with E-state index in [1.54, 1.807) is 0 Å². The summed E-state index contributed by atoms with van der Waals surface area (Å²) in [6.07, 6.45) is 14.3. The molecule has 0 aromatic heterocycles. The van der Waals surface area contributed by atoms with Crippen molar-refractivity contribution < 1.29 is 8.42 Å². The molecule has 1 aliphatic heterocycles. The summed E-state index contributed by atoms with van der Waals surface area (Å²) in [5.74, 6) is 2.49. The number of rotatable bonds is 3. The minimum atomic E-state index is -2.79. The fourth-order valence-electron chi connectivity index (χ4n) is 4.95. The van der Waals surface area contributed by atoms with E-state index in [1.807, 2.05) is 0 Å². The number of hydrogen-bond acceptors (Lipinski definition) is 3. The van der Waals surface area contributed by atoms with Crippen molar-refractivity contribution in [3.63, 3.8) is 0 Å². The predicted molar refractivity (Wildman–Crippen MR) is 87.1 cm³/mol. The Morgan fingerprint density at radius 2 is 1.48 bits per heavy atom. The number of hydrogen-bond donors (Lipinski definition) is 1. The summed E-state index contributed by atoms with van der Waals surface area (Å²) >= 11 is 0. The summed E-state index contributed by atoms with van der Waals surface area (Å²) in [5, 5.41) is 3.78. The molecule has 0 bridgehead atoms. The lowest BCUT2D eigenvalue weighted by Crippen LogP contribution is -2.50. The van der Waals surface area contributed by atoms with Gasteiger partial charge in [-0.3, -0.25) is 0 Å². The standard InChI is InChI=1S/C17H31NO2S/c19-21(20)12-6-9-15(13-21)18-17-11-5-4-10-16(17)14-7-2-1-3-8-14/h14-18H,1-13H2. The highest BCUT2D eigenvalue weighted by Crippen LogP contribution is 2.38. The van der Waals surface area contributed by atoms with Gasteiger partial charge in [0.05, 0.1) is 11.5 Å². The molecular weight excluding hydrogens is 282 g/mol. The van der Waals surface area contributed by atoms with E-state index in [0.717, 1.165) is 24.7 Å². The molecule has 3 nitrogen and oxygen atoms in total. The van der Waals surface area contributed by atoms with Crippen LogP contribution in [0.2, 0.25) is 0 Å². The van der Waals surface area contributed by atoms with Crippen LogP contribution in [0.25, 0.3) is 0 Å². The van der Waals surface area contributed by atoms with Gasteiger partial charge in [0.25, 0.3) is 0 Å². The third kappa shape index (κ3) is 4.22. The molecule has 4 heteroatoms. The molecule has 3 aliphatic rings. The first kappa shape index (κ1) is 15.8. The van der Waals surface area contributed by atoms with Crippen molar-refractivity contribution in [2.24, 2.45) is 11.8 Å². The summed E-state index contributed by atoms with van der Waals surface area (Å²) in [6.45, 7) is 0. The van der Waals surface area contributed by atoms with E-state index >= 15 is 0 Å². The molecule has 0 amide bonds. The minimum Gasteiger partial charge on any atom is -0.310 e. The van der Waals surface area contributed by atoms with E-state index in [0.29, 0.717) is 17.5 Å². The zero-order valence-electron chi connectivity index (χ0n) is 13.2. The Labute approximate surface area is 130 Å². The lowest BCUT2D eigenvalue weighted by molar-refractivity contribution is 0.142. The smallest absolute Gasteiger partial charge is 0.151 e. The highest BCUT2D eigenvalue weighted by molar-refractivity contribution is 7.91. The van der Waals surface area contributed by atoms with Crippen LogP contribution in [0.15, 0.2) is 0 Å². The molecule has 3 unspecified atom stereocenters. The Bertz CT molecular complexity index is 428. The number of sulfone groups is 1.